The Morgan fingerprint density at radius 3 is 2.00 bits per heavy atom. The normalized spacial score (nSPS) is 15.5. The van der Waals surface area contributed by atoms with Gasteiger partial charge >= 0.3 is 0 Å². The minimum atomic E-state index is -1.84. The van der Waals surface area contributed by atoms with Crippen LogP contribution in [0.15, 0.2) is 0 Å². The van der Waals surface area contributed by atoms with Crippen LogP contribution in [-0.4, -0.2) is 25.2 Å². The molecule has 0 amide bonds. The van der Waals surface area contributed by atoms with Crippen molar-refractivity contribution in [2.24, 2.45) is 0 Å². The van der Waals surface area contributed by atoms with Crippen LogP contribution >= 0.6 is 0 Å². The van der Waals surface area contributed by atoms with Crippen LogP contribution in [0.4, 0.5) is 0 Å². The standard InChI is InChI=1S/C7H17NO2S/c1-5-6-8(11(9)10)7(2,3)4/h5-6H2,1-4H3,(H,9,10). The van der Waals surface area contributed by atoms with Crippen LogP contribution in [0.1, 0.15) is 34.1 Å². The van der Waals surface area contributed by atoms with Gasteiger partial charge in [0.15, 0.2) is 0 Å². The van der Waals surface area contributed by atoms with Crippen LogP contribution in [0, 0.1) is 0 Å². The first-order valence-corrected chi connectivity index (χ1v) is 4.84. The second kappa shape index (κ2) is 4.18. The fourth-order valence-corrected chi connectivity index (χ4v) is 1.66. The molecule has 0 radical (unpaired) electrons. The molecule has 0 rings (SSSR count). The lowest BCUT2D eigenvalue weighted by atomic mass is 10.1. The number of hydrogen-bond donors (Lipinski definition) is 1. The van der Waals surface area contributed by atoms with Crippen molar-refractivity contribution in [3.05, 3.63) is 0 Å². The fourth-order valence-electron chi connectivity index (χ4n) is 0.851. The third-order valence-corrected chi connectivity index (χ3v) is 2.47. The van der Waals surface area contributed by atoms with Crippen molar-refractivity contribution in [2.45, 2.75) is 39.7 Å². The van der Waals surface area contributed by atoms with Crippen molar-refractivity contribution in [3.63, 3.8) is 0 Å². The molecule has 0 bridgehead atoms. The summed E-state index contributed by atoms with van der Waals surface area (Å²) in [5.74, 6) is 0. The molecule has 4 heteroatoms. The molecule has 1 atom stereocenters. The summed E-state index contributed by atoms with van der Waals surface area (Å²) in [6, 6.07) is 0. The Hall–Kier alpha value is 0.0700. The lowest BCUT2D eigenvalue weighted by Gasteiger charge is -2.31. The monoisotopic (exact) mass is 179 g/mol. The molecule has 3 nitrogen and oxygen atoms in total. The highest BCUT2D eigenvalue weighted by atomic mass is 32.2. The molecule has 0 spiro atoms. The van der Waals surface area contributed by atoms with E-state index in [9.17, 15) is 4.21 Å². The third-order valence-electron chi connectivity index (χ3n) is 1.36. The maximum absolute atomic E-state index is 10.8. The van der Waals surface area contributed by atoms with Crippen molar-refractivity contribution in [3.8, 4) is 0 Å². The summed E-state index contributed by atoms with van der Waals surface area (Å²) in [7, 11) is 0. The molecule has 1 unspecified atom stereocenters. The highest BCUT2D eigenvalue weighted by Gasteiger charge is 2.24. The largest absolute Gasteiger partial charge is 0.294 e. The van der Waals surface area contributed by atoms with Gasteiger partial charge in [-0.2, -0.15) is 4.31 Å². The van der Waals surface area contributed by atoms with Crippen molar-refractivity contribution in [2.75, 3.05) is 6.54 Å². The van der Waals surface area contributed by atoms with Crippen LogP contribution in [0.2, 0.25) is 0 Å². The quantitative estimate of drug-likeness (QED) is 0.669. The second-order valence-electron chi connectivity index (χ2n) is 3.50. The molecule has 0 aromatic rings. The smallest absolute Gasteiger partial charge is 0.234 e. The van der Waals surface area contributed by atoms with E-state index >= 15 is 0 Å². The molecule has 0 aromatic carbocycles. The predicted octanol–water partition coefficient (Wildman–Crippen LogP) is 1.63. The Morgan fingerprint density at radius 1 is 1.45 bits per heavy atom. The van der Waals surface area contributed by atoms with Crippen molar-refractivity contribution in [1.29, 1.82) is 0 Å². The summed E-state index contributed by atoms with van der Waals surface area (Å²) in [5.41, 5.74) is -0.227. The average Bonchev–Trinajstić information content (AvgIpc) is 1.79. The third kappa shape index (κ3) is 3.84. The van der Waals surface area contributed by atoms with Gasteiger partial charge in [-0.15, -0.1) is 0 Å². The molecule has 0 heterocycles. The van der Waals surface area contributed by atoms with Crippen molar-refractivity contribution < 1.29 is 8.76 Å². The molecule has 68 valence electrons. The number of nitrogens with zero attached hydrogens (tertiary/aromatic N) is 1. The zero-order valence-electron chi connectivity index (χ0n) is 7.63. The van der Waals surface area contributed by atoms with Gasteiger partial charge in [0.25, 0.3) is 0 Å². The van der Waals surface area contributed by atoms with Gasteiger partial charge in [0.1, 0.15) is 0 Å². The van der Waals surface area contributed by atoms with Crippen LogP contribution in [-0.2, 0) is 11.3 Å². The minimum Gasteiger partial charge on any atom is -0.294 e. The molecule has 0 aliphatic heterocycles. The van der Waals surface area contributed by atoms with E-state index in [2.05, 4.69) is 0 Å². The van der Waals surface area contributed by atoms with Gasteiger partial charge in [0, 0.05) is 12.1 Å². The first kappa shape index (κ1) is 11.1. The van der Waals surface area contributed by atoms with Crippen LogP contribution in [0.5, 0.6) is 0 Å². The van der Waals surface area contributed by atoms with Crippen LogP contribution in [0.25, 0.3) is 0 Å². The molecule has 0 aliphatic carbocycles. The van der Waals surface area contributed by atoms with Crippen LogP contribution in [0.3, 0.4) is 0 Å². The Kier molecular flexibility index (Phi) is 4.21. The van der Waals surface area contributed by atoms with Crippen molar-refractivity contribution in [1.82, 2.24) is 4.31 Å². The van der Waals surface area contributed by atoms with E-state index in [1.165, 1.54) is 0 Å². The average molecular weight is 179 g/mol. The molecular weight excluding hydrogens is 162 g/mol. The molecule has 0 saturated heterocycles. The molecular formula is C7H17NO2S. The topological polar surface area (TPSA) is 40.5 Å². The van der Waals surface area contributed by atoms with E-state index in [0.29, 0.717) is 6.54 Å². The van der Waals surface area contributed by atoms with E-state index in [-0.39, 0.29) is 5.54 Å². The molecule has 0 saturated carbocycles. The zero-order chi connectivity index (χ0) is 9.07. The highest BCUT2D eigenvalue weighted by molar-refractivity contribution is 7.76. The maximum Gasteiger partial charge on any atom is 0.234 e. The first-order valence-electron chi connectivity index (χ1n) is 3.78. The Balaban J connectivity index is 4.22. The molecule has 11 heavy (non-hydrogen) atoms. The SMILES string of the molecule is CCCN(S(=O)O)C(C)(C)C. The van der Waals surface area contributed by atoms with Gasteiger partial charge in [-0.3, -0.25) is 4.55 Å². The lowest BCUT2D eigenvalue weighted by Crippen LogP contribution is -2.42. The van der Waals surface area contributed by atoms with E-state index in [0.717, 1.165) is 6.42 Å². The lowest BCUT2D eigenvalue weighted by molar-refractivity contribution is 0.245. The second-order valence-corrected chi connectivity index (χ2v) is 4.41. The maximum atomic E-state index is 10.8. The molecule has 1 N–H and O–H groups in total. The highest BCUT2D eigenvalue weighted by Crippen LogP contribution is 2.14. The van der Waals surface area contributed by atoms with Gasteiger partial charge in [0.2, 0.25) is 11.3 Å². The minimum absolute atomic E-state index is 0.227. The van der Waals surface area contributed by atoms with E-state index in [1.54, 1.807) is 4.31 Å². The predicted molar refractivity (Wildman–Crippen MR) is 47.5 cm³/mol. The number of hydrogen-bond acceptors (Lipinski definition) is 1. The summed E-state index contributed by atoms with van der Waals surface area (Å²) in [4.78, 5) is 0. The van der Waals surface area contributed by atoms with E-state index < -0.39 is 11.3 Å². The summed E-state index contributed by atoms with van der Waals surface area (Å²) in [6.45, 7) is 8.43. The zero-order valence-corrected chi connectivity index (χ0v) is 8.44. The molecule has 0 fully saturated rings. The Bertz CT molecular complexity index is 142. The van der Waals surface area contributed by atoms with Crippen LogP contribution < -0.4 is 0 Å². The summed E-state index contributed by atoms with van der Waals surface area (Å²) in [5, 5.41) is 0. The van der Waals surface area contributed by atoms with Gasteiger partial charge < -0.3 is 0 Å². The molecule has 0 aliphatic rings. The summed E-state index contributed by atoms with van der Waals surface area (Å²) >= 11 is -1.84. The fraction of sp³-hybridized carbons (Fsp3) is 1.00. The first-order chi connectivity index (χ1) is 4.89. The van der Waals surface area contributed by atoms with Gasteiger partial charge in [-0.1, -0.05) is 6.92 Å². The van der Waals surface area contributed by atoms with Gasteiger partial charge in [-0.05, 0) is 27.2 Å². The van der Waals surface area contributed by atoms with Gasteiger partial charge in [0.05, 0.1) is 0 Å². The van der Waals surface area contributed by atoms with E-state index in [1.807, 2.05) is 27.7 Å². The molecule has 0 aromatic heterocycles. The van der Waals surface area contributed by atoms with Gasteiger partial charge in [-0.25, -0.2) is 4.21 Å². The Labute approximate surface area is 71.2 Å². The van der Waals surface area contributed by atoms with E-state index in [4.69, 9.17) is 4.55 Å². The summed E-state index contributed by atoms with van der Waals surface area (Å²) < 4.78 is 21.2. The number of rotatable bonds is 3. The summed E-state index contributed by atoms with van der Waals surface area (Å²) in [6.07, 6.45) is 0.892. The Morgan fingerprint density at radius 2 is 1.91 bits per heavy atom. The van der Waals surface area contributed by atoms with Crippen molar-refractivity contribution >= 4 is 11.3 Å².